The summed E-state index contributed by atoms with van der Waals surface area (Å²) in [5.41, 5.74) is 0.193. The number of hydrogen-bond acceptors (Lipinski definition) is 5. The largest absolute Gasteiger partial charge is 0.545 e. The van der Waals surface area contributed by atoms with Crippen LogP contribution in [0.25, 0.3) is 0 Å². The van der Waals surface area contributed by atoms with Gasteiger partial charge in [0, 0.05) is 23.3 Å². The number of carbonyl (C=O) groups is 2. The van der Waals surface area contributed by atoms with Crippen LogP contribution in [0.1, 0.15) is 26.3 Å². The second-order valence-corrected chi connectivity index (χ2v) is 4.00. The van der Waals surface area contributed by atoms with E-state index in [1.54, 1.807) is 0 Å². The minimum absolute atomic E-state index is 0.0411. The molecule has 0 aliphatic carbocycles. The van der Waals surface area contributed by atoms with Crippen LogP contribution >= 0.6 is 0 Å². The summed E-state index contributed by atoms with van der Waals surface area (Å²) in [6, 6.07) is 10.5. The van der Waals surface area contributed by atoms with Crippen molar-refractivity contribution in [3.05, 3.63) is 75.3 Å². The third-order valence-electron chi connectivity index (χ3n) is 2.70. The molecular weight excluding hydrogens is 262 g/mol. The van der Waals surface area contributed by atoms with E-state index in [0.717, 1.165) is 0 Å². The molecule has 2 aromatic rings. The van der Waals surface area contributed by atoms with Crippen molar-refractivity contribution in [2.45, 2.75) is 0 Å². The molecule has 0 unspecified atom stereocenters. The molecule has 0 aliphatic heterocycles. The first-order valence-corrected chi connectivity index (χ1v) is 5.59. The minimum Gasteiger partial charge on any atom is -0.545 e. The summed E-state index contributed by atoms with van der Waals surface area (Å²) in [4.78, 5) is 32.8. The van der Waals surface area contributed by atoms with E-state index < -0.39 is 16.7 Å². The zero-order chi connectivity index (χ0) is 14.7. The van der Waals surface area contributed by atoms with Crippen LogP contribution in [-0.2, 0) is 0 Å². The number of rotatable bonds is 4. The summed E-state index contributed by atoms with van der Waals surface area (Å²) in [6.07, 6.45) is 0. The lowest BCUT2D eigenvalue weighted by molar-refractivity contribution is -0.384. The summed E-state index contributed by atoms with van der Waals surface area (Å²) < 4.78 is 0. The van der Waals surface area contributed by atoms with Crippen molar-refractivity contribution in [3.63, 3.8) is 0 Å². The van der Waals surface area contributed by atoms with E-state index >= 15 is 0 Å². The maximum atomic E-state index is 12.1. The second-order valence-electron chi connectivity index (χ2n) is 4.00. The predicted octanol–water partition coefficient (Wildman–Crippen LogP) is 1.19. The molecule has 0 fully saturated rings. The Labute approximate surface area is 113 Å². The maximum Gasteiger partial charge on any atom is 0.270 e. The van der Waals surface area contributed by atoms with Crippen molar-refractivity contribution in [2.24, 2.45) is 0 Å². The summed E-state index contributed by atoms with van der Waals surface area (Å²) in [6.45, 7) is 0. The van der Waals surface area contributed by atoms with Gasteiger partial charge < -0.3 is 9.90 Å². The van der Waals surface area contributed by atoms with Gasteiger partial charge in [-0.3, -0.25) is 14.9 Å². The number of nitro groups is 1. The fraction of sp³-hybridized carbons (Fsp3) is 0. The molecule has 0 spiro atoms. The molecule has 0 amide bonds. The number of non-ortho nitro benzene ring substituents is 1. The number of carboxylic acid groups (broad SMARTS) is 1. The third-order valence-corrected chi connectivity index (χ3v) is 2.70. The number of carbonyl (C=O) groups excluding carboxylic acids is 2. The topological polar surface area (TPSA) is 100 Å². The highest BCUT2D eigenvalue weighted by Crippen LogP contribution is 2.17. The van der Waals surface area contributed by atoms with Gasteiger partial charge in [0.15, 0.2) is 5.78 Å². The van der Waals surface area contributed by atoms with E-state index in [1.807, 2.05) is 0 Å². The van der Waals surface area contributed by atoms with Crippen LogP contribution in [-0.4, -0.2) is 16.7 Å². The van der Waals surface area contributed by atoms with Gasteiger partial charge in [0.25, 0.3) is 5.69 Å². The van der Waals surface area contributed by atoms with E-state index in [2.05, 4.69) is 0 Å². The molecule has 6 heteroatoms. The van der Waals surface area contributed by atoms with Crippen LogP contribution < -0.4 is 5.11 Å². The van der Waals surface area contributed by atoms with Gasteiger partial charge in [-0.15, -0.1) is 0 Å². The average Bonchev–Trinajstić information content (AvgIpc) is 2.46. The number of hydrogen-bond donors (Lipinski definition) is 0. The number of nitro benzene ring substituents is 1. The number of carboxylic acids is 1. The molecule has 0 heterocycles. The lowest BCUT2D eigenvalue weighted by Gasteiger charge is -2.04. The van der Waals surface area contributed by atoms with Crippen molar-refractivity contribution in [2.75, 3.05) is 0 Å². The van der Waals surface area contributed by atoms with Gasteiger partial charge in [-0.05, 0) is 5.56 Å². The first-order chi connectivity index (χ1) is 9.49. The Balaban J connectivity index is 2.33. The van der Waals surface area contributed by atoms with Crippen LogP contribution in [0.4, 0.5) is 5.69 Å². The molecule has 20 heavy (non-hydrogen) atoms. The zero-order valence-corrected chi connectivity index (χ0v) is 10.1. The first kappa shape index (κ1) is 13.4. The molecule has 0 N–H and O–H groups in total. The quantitative estimate of drug-likeness (QED) is 0.472. The number of nitrogens with zero attached hydrogens (tertiary/aromatic N) is 1. The van der Waals surface area contributed by atoms with Crippen LogP contribution in [0.2, 0.25) is 0 Å². The first-order valence-electron chi connectivity index (χ1n) is 5.59. The Morgan fingerprint density at radius 1 is 0.900 bits per heavy atom. The lowest BCUT2D eigenvalue weighted by Crippen LogP contribution is -2.22. The number of benzene rings is 2. The molecule has 100 valence electrons. The molecule has 0 saturated carbocycles. The molecule has 0 bridgehead atoms. The van der Waals surface area contributed by atoms with Crippen LogP contribution in [0.15, 0.2) is 48.5 Å². The van der Waals surface area contributed by atoms with Crippen molar-refractivity contribution in [1.82, 2.24) is 0 Å². The van der Waals surface area contributed by atoms with Crippen LogP contribution in [0.3, 0.4) is 0 Å². The van der Waals surface area contributed by atoms with Gasteiger partial charge in [0.2, 0.25) is 0 Å². The van der Waals surface area contributed by atoms with Gasteiger partial charge >= 0.3 is 0 Å². The Morgan fingerprint density at radius 3 is 2.05 bits per heavy atom. The molecule has 2 aromatic carbocycles. The summed E-state index contributed by atoms with van der Waals surface area (Å²) >= 11 is 0. The highest BCUT2D eigenvalue weighted by Gasteiger charge is 2.13. The van der Waals surface area contributed by atoms with Gasteiger partial charge in [-0.25, -0.2) is 0 Å². The maximum absolute atomic E-state index is 12.1. The highest BCUT2D eigenvalue weighted by molar-refractivity contribution is 6.09. The standard InChI is InChI=1S/C14H9NO5/c16-13(9-4-6-10(7-5-9)14(17)18)11-2-1-3-12(8-11)15(19)20/h1-8H,(H,17,18)/p-1. The van der Waals surface area contributed by atoms with Crippen molar-refractivity contribution in [3.8, 4) is 0 Å². The van der Waals surface area contributed by atoms with E-state index in [0.29, 0.717) is 0 Å². The summed E-state index contributed by atoms with van der Waals surface area (Å²) in [5.74, 6) is -1.75. The van der Waals surface area contributed by atoms with Crippen molar-refractivity contribution < 1.29 is 19.6 Å². The number of aromatic carboxylic acids is 1. The molecule has 0 aliphatic rings. The highest BCUT2D eigenvalue weighted by atomic mass is 16.6. The number of ketones is 1. The Kier molecular flexibility index (Phi) is 3.56. The zero-order valence-electron chi connectivity index (χ0n) is 10.1. The molecule has 6 nitrogen and oxygen atoms in total. The molecular formula is C14H8NO5-. The fourth-order valence-electron chi connectivity index (χ4n) is 1.69. The minimum atomic E-state index is -1.33. The Bertz CT molecular complexity index is 691. The van der Waals surface area contributed by atoms with E-state index in [4.69, 9.17) is 0 Å². The predicted molar refractivity (Wildman–Crippen MR) is 67.3 cm³/mol. The molecule has 0 radical (unpaired) electrons. The molecule has 0 atom stereocenters. The third kappa shape index (κ3) is 2.69. The lowest BCUT2D eigenvalue weighted by atomic mass is 10.0. The van der Waals surface area contributed by atoms with Gasteiger partial charge in [0.1, 0.15) is 0 Å². The average molecular weight is 270 g/mol. The van der Waals surface area contributed by atoms with E-state index in [9.17, 15) is 24.8 Å². The van der Waals surface area contributed by atoms with Crippen LogP contribution in [0.5, 0.6) is 0 Å². The second kappa shape index (κ2) is 5.31. The van der Waals surface area contributed by atoms with E-state index in [-0.39, 0.29) is 22.4 Å². The monoisotopic (exact) mass is 270 g/mol. The Morgan fingerprint density at radius 2 is 1.50 bits per heavy atom. The SMILES string of the molecule is O=C([O-])c1ccc(C(=O)c2cccc([N+](=O)[O-])c2)cc1. The van der Waals surface area contributed by atoms with E-state index in [1.165, 1.54) is 48.5 Å². The molecule has 2 rings (SSSR count). The summed E-state index contributed by atoms with van der Waals surface area (Å²) in [7, 11) is 0. The fourth-order valence-corrected chi connectivity index (χ4v) is 1.69. The van der Waals surface area contributed by atoms with Gasteiger partial charge in [-0.2, -0.15) is 0 Å². The van der Waals surface area contributed by atoms with Crippen molar-refractivity contribution >= 4 is 17.4 Å². The molecule has 0 saturated heterocycles. The Hall–Kier alpha value is -3.02. The van der Waals surface area contributed by atoms with Crippen molar-refractivity contribution in [1.29, 1.82) is 0 Å². The normalized spacial score (nSPS) is 10.0. The van der Waals surface area contributed by atoms with Gasteiger partial charge in [-0.1, -0.05) is 36.4 Å². The smallest absolute Gasteiger partial charge is 0.270 e. The van der Waals surface area contributed by atoms with Crippen LogP contribution in [0, 0.1) is 10.1 Å². The summed E-state index contributed by atoms with van der Waals surface area (Å²) in [5, 5.41) is 21.3. The molecule has 0 aromatic heterocycles. The van der Waals surface area contributed by atoms with Gasteiger partial charge in [0.05, 0.1) is 10.9 Å².